The van der Waals surface area contributed by atoms with E-state index in [4.69, 9.17) is 5.10 Å². The van der Waals surface area contributed by atoms with Crippen molar-refractivity contribution in [1.29, 1.82) is 0 Å². The molecule has 3 aromatic carbocycles. The molecule has 1 heterocycles. The van der Waals surface area contributed by atoms with E-state index in [2.05, 4.69) is 38.3 Å². The molecule has 0 aliphatic heterocycles. The normalized spacial score (nSPS) is 11.2. The van der Waals surface area contributed by atoms with Gasteiger partial charge < -0.3 is 0 Å². The number of hydrogen-bond donors (Lipinski definition) is 0. The number of benzene rings is 3. The molecule has 4 aromatic rings. The van der Waals surface area contributed by atoms with Crippen molar-refractivity contribution >= 4 is 33.9 Å². The first-order chi connectivity index (χ1) is 13.8. The molecule has 4 nitrogen and oxygen atoms in total. The maximum atomic E-state index is 4.69. The Hall–Kier alpha value is -2.70. The van der Waals surface area contributed by atoms with Gasteiger partial charge in [0.2, 0.25) is 5.16 Å². The van der Waals surface area contributed by atoms with Crippen LogP contribution in [0.4, 0.5) is 0 Å². The Morgan fingerprint density at radius 3 is 2.39 bits per heavy atom. The molecule has 138 valence electrons. The molecule has 0 aliphatic rings. The van der Waals surface area contributed by atoms with Crippen molar-refractivity contribution in [2.75, 3.05) is 0 Å². The van der Waals surface area contributed by atoms with Crippen LogP contribution in [0, 0.1) is 0 Å². The lowest BCUT2D eigenvalue weighted by Gasteiger charge is -2.05. The molecule has 0 spiro atoms. The summed E-state index contributed by atoms with van der Waals surface area (Å²) < 4.78 is 2.83. The van der Waals surface area contributed by atoms with Crippen molar-refractivity contribution in [3.05, 3.63) is 101 Å². The number of halogens is 1. The number of aromatic nitrogens is 3. The van der Waals surface area contributed by atoms with E-state index < -0.39 is 0 Å². The molecular weight excluding hydrogens is 432 g/mol. The van der Waals surface area contributed by atoms with Gasteiger partial charge in [0.1, 0.15) is 0 Å². The summed E-state index contributed by atoms with van der Waals surface area (Å²) in [6, 6.07) is 28.3. The Labute approximate surface area is 176 Å². The van der Waals surface area contributed by atoms with Crippen molar-refractivity contribution in [2.45, 2.75) is 10.9 Å². The van der Waals surface area contributed by atoms with Crippen molar-refractivity contribution < 1.29 is 0 Å². The topological polar surface area (TPSA) is 43.1 Å². The monoisotopic (exact) mass is 448 g/mol. The molecule has 6 heteroatoms. The first-order valence-corrected chi connectivity index (χ1v) is 10.5. The third kappa shape index (κ3) is 4.58. The molecule has 0 aliphatic carbocycles. The molecule has 0 atom stereocenters. The lowest BCUT2D eigenvalue weighted by molar-refractivity contribution is 0.772. The summed E-state index contributed by atoms with van der Waals surface area (Å²) in [6.07, 6.45) is 1.83. The summed E-state index contributed by atoms with van der Waals surface area (Å²) >= 11 is 5.12. The first-order valence-electron chi connectivity index (χ1n) is 8.77. The van der Waals surface area contributed by atoms with Gasteiger partial charge >= 0.3 is 0 Å². The molecular formula is C22H17BrN4S. The summed E-state index contributed by atoms with van der Waals surface area (Å²) in [5.74, 6) is 1.53. The maximum absolute atomic E-state index is 4.69. The maximum Gasteiger partial charge on any atom is 0.212 e. The Morgan fingerprint density at radius 2 is 1.64 bits per heavy atom. The van der Waals surface area contributed by atoms with Gasteiger partial charge in [0.15, 0.2) is 5.82 Å². The fourth-order valence-corrected chi connectivity index (χ4v) is 3.92. The second-order valence-electron chi connectivity index (χ2n) is 6.06. The molecule has 0 saturated carbocycles. The van der Waals surface area contributed by atoms with Crippen LogP contribution in [0.25, 0.3) is 11.4 Å². The van der Waals surface area contributed by atoms with E-state index in [1.165, 1.54) is 5.56 Å². The summed E-state index contributed by atoms with van der Waals surface area (Å²) in [5.41, 5.74) is 3.22. The lowest BCUT2D eigenvalue weighted by atomic mass is 10.2. The van der Waals surface area contributed by atoms with Crippen LogP contribution in [0.2, 0.25) is 0 Å². The van der Waals surface area contributed by atoms with Crippen LogP contribution in [0.3, 0.4) is 0 Å². The Bertz CT molecular complexity index is 1080. The molecule has 0 unspecified atom stereocenters. The third-order valence-corrected chi connectivity index (χ3v) is 5.51. The van der Waals surface area contributed by atoms with Gasteiger partial charge in [0.05, 0.1) is 6.21 Å². The standard InChI is InChI=1S/C22H17BrN4S/c23-20-13-7-10-18(14-20)15-24-27-21(19-11-5-2-6-12-19)25-26-22(27)28-16-17-8-3-1-4-9-17/h1-15H,16H2/b24-15+. The minimum absolute atomic E-state index is 0.724. The molecule has 1 aromatic heterocycles. The Morgan fingerprint density at radius 1 is 0.893 bits per heavy atom. The van der Waals surface area contributed by atoms with E-state index in [1.54, 1.807) is 11.8 Å². The van der Waals surface area contributed by atoms with Gasteiger partial charge in [0, 0.05) is 15.8 Å². The van der Waals surface area contributed by atoms with Gasteiger partial charge in [-0.1, -0.05) is 100 Å². The predicted octanol–water partition coefficient (Wildman–Crippen LogP) is 5.88. The van der Waals surface area contributed by atoms with Crippen LogP contribution < -0.4 is 0 Å². The van der Waals surface area contributed by atoms with Crippen molar-refractivity contribution in [2.24, 2.45) is 5.10 Å². The van der Waals surface area contributed by atoms with Gasteiger partial charge in [-0.2, -0.15) is 9.78 Å². The van der Waals surface area contributed by atoms with Crippen molar-refractivity contribution in [3.63, 3.8) is 0 Å². The molecule has 4 rings (SSSR count). The van der Waals surface area contributed by atoms with Crippen molar-refractivity contribution in [3.8, 4) is 11.4 Å². The third-order valence-electron chi connectivity index (χ3n) is 4.03. The van der Waals surface area contributed by atoms with E-state index in [-0.39, 0.29) is 0 Å². The fraction of sp³-hybridized carbons (Fsp3) is 0.0455. The van der Waals surface area contributed by atoms with E-state index >= 15 is 0 Å². The van der Waals surface area contributed by atoms with Crippen LogP contribution in [-0.4, -0.2) is 21.1 Å². The molecule has 0 amide bonds. The van der Waals surface area contributed by atoms with Crippen LogP contribution in [0.5, 0.6) is 0 Å². The molecule has 28 heavy (non-hydrogen) atoms. The number of nitrogens with zero attached hydrogens (tertiary/aromatic N) is 4. The number of hydrogen-bond acceptors (Lipinski definition) is 4. The zero-order chi connectivity index (χ0) is 19.2. The number of rotatable bonds is 6. The van der Waals surface area contributed by atoms with E-state index in [0.717, 1.165) is 32.3 Å². The van der Waals surface area contributed by atoms with Crippen LogP contribution >= 0.6 is 27.7 Å². The van der Waals surface area contributed by atoms with Crippen LogP contribution in [0.15, 0.2) is 99.7 Å². The quantitative estimate of drug-likeness (QED) is 0.273. The Balaban J connectivity index is 1.67. The van der Waals surface area contributed by atoms with Gasteiger partial charge in [-0.15, -0.1) is 10.2 Å². The van der Waals surface area contributed by atoms with Gasteiger partial charge in [-0.05, 0) is 23.3 Å². The second kappa shape index (κ2) is 8.99. The van der Waals surface area contributed by atoms with Crippen molar-refractivity contribution in [1.82, 2.24) is 14.9 Å². The van der Waals surface area contributed by atoms with Gasteiger partial charge in [0.25, 0.3) is 0 Å². The highest BCUT2D eigenvalue weighted by Gasteiger charge is 2.14. The van der Waals surface area contributed by atoms with Gasteiger partial charge in [-0.3, -0.25) is 0 Å². The number of thioether (sulfide) groups is 1. The summed E-state index contributed by atoms with van der Waals surface area (Å²) in [6.45, 7) is 0. The highest BCUT2D eigenvalue weighted by Crippen LogP contribution is 2.26. The largest absolute Gasteiger partial charge is 0.212 e. The van der Waals surface area contributed by atoms with Crippen LogP contribution in [-0.2, 0) is 5.75 Å². The SMILES string of the molecule is Brc1cccc(/C=N/n2c(SCc3ccccc3)nnc2-c2ccccc2)c1. The molecule has 0 bridgehead atoms. The summed E-state index contributed by atoms with van der Waals surface area (Å²) in [4.78, 5) is 0. The zero-order valence-electron chi connectivity index (χ0n) is 14.9. The minimum atomic E-state index is 0.724. The highest BCUT2D eigenvalue weighted by atomic mass is 79.9. The molecule has 0 radical (unpaired) electrons. The van der Waals surface area contributed by atoms with Crippen LogP contribution in [0.1, 0.15) is 11.1 Å². The molecule has 0 saturated heterocycles. The molecule has 0 N–H and O–H groups in total. The highest BCUT2D eigenvalue weighted by molar-refractivity contribution is 9.10. The average molecular weight is 449 g/mol. The minimum Gasteiger partial charge on any atom is -0.187 e. The zero-order valence-corrected chi connectivity index (χ0v) is 17.3. The van der Waals surface area contributed by atoms with E-state index in [9.17, 15) is 0 Å². The van der Waals surface area contributed by atoms with E-state index in [0.29, 0.717) is 0 Å². The fourth-order valence-electron chi connectivity index (χ4n) is 2.66. The molecule has 0 fully saturated rings. The summed E-state index contributed by atoms with van der Waals surface area (Å²) in [7, 11) is 0. The smallest absolute Gasteiger partial charge is 0.187 e. The predicted molar refractivity (Wildman–Crippen MR) is 119 cm³/mol. The first kappa shape index (κ1) is 18.7. The second-order valence-corrected chi connectivity index (χ2v) is 7.92. The lowest BCUT2D eigenvalue weighted by Crippen LogP contribution is -1.97. The average Bonchev–Trinajstić information content (AvgIpc) is 3.15. The summed E-state index contributed by atoms with van der Waals surface area (Å²) in [5, 5.41) is 14.2. The van der Waals surface area contributed by atoms with Gasteiger partial charge in [-0.25, -0.2) is 0 Å². The van der Waals surface area contributed by atoms with E-state index in [1.807, 2.05) is 83.7 Å². The Kier molecular flexibility index (Phi) is 5.99.